The zero-order valence-corrected chi connectivity index (χ0v) is 15.3. The maximum Gasteiger partial charge on any atom is 0.162 e. The van der Waals surface area contributed by atoms with E-state index in [9.17, 15) is 5.11 Å². The number of aliphatic hydroxyl groups is 1. The number of benzene rings is 1. The molecule has 0 radical (unpaired) electrons. The molecule has 0 unspecified atom stereocenters. The van der Waals surface area contributed by atoms with Crippen LogP contribution in [0.3, 0.4) is 0 Å². The predicted molar refractivity (Wildman–Crippen MR) is 94.8 cm³/mol. The molecule has 0 amide bonds. The second-order valence-electron chi connectivity index (χ2n) is 5.38. The number of hydrogen-bond acceptors (Lipinski definition) is 3. The Morgan fingerprint density at radius 2 is 1.82 bits per heavy atom. The molecule has 3 nitrogen and oxygen atoms in total. The number of methoxy groups -OCH3 is 2. The number of ether oxygens (including phenoxy) is 2. The third-order valence-electron chi connectivity index (χ3n) is 3.75. The molecule has 4 heteroatoms. The summed E-state index contributed by atoms with van der Waals surface area (Å²) in [5.41, 5.74) is 1.05. The van der Waals surface area contributed by atoms with Crippen molar-refractivity contribution >= 4 is 22.0 Å². The van der Waals surface area contributed by atoms with Gasteiger partial charge in [0.1, 0.15) is 0 Å². The van der Waals surface area contributed by atoms with Gasteiger partial charge in [-0.15, -0.1) is 0 Å². The fourth-order valence-corrected chi connectivity index (χ4v) is 3.12. The fourth-order valence-electron chi connectivity index (χ4n) is 2.52. The third kappa shape index (κ3) is 6.21. The normalized spacial score (nSPS) is 15.1. The minimum atomic E-state index is -0.651. The van der Waals surface area contributed by atoms with Gasteiger partial charge in [0.15, 0.2) is 6.29 Å². The molecular formula is C18H27BrO3. The zero-order valence-electron chi connectivity index (χ0n) is 13.7. The van der Waals surface area contributed by atoms with Gasteiger partial charge < -0.3 is 14.6 Å². The molecule has 0 aliphatic rings. The summed E-state index contributed by atoms with van der Waals surface area (Å²) in [6.07, 6.45) is 5.08. The lowest BCUT2D eigenvalue weighted by Gasteiger charge is -2.29. The lowest BCUT2D eigenvalue weighted by atomic mass is 9.93. The molecule has 1 aromatic rings. The van der Waals surface area contributed by atoms with Crippen molar-refractivity contribution in [2.24, 2.45) is 5.92 Å². The standard InChI is InChI=1S/C18H27BrO3/c1-4-5-7-12-15(18(21-2)22-3)17(20)16(19)13-14-10-8-6-9-11-14/h6,8-11,13,15,17-18,20H,4-5,7,12H2,1-3H3/b16-13-/t15-,17-/m1/s1. The van der Waals surface area contributed by atoms with Crippen molar-refractivity contribution in [1.29, 1.82) is 0 Å². The van der Waals surface area contributed by atoms with Crippen molar-refractivity contribution < 1.29 is 14.6 Å². The van der Waals surface area contributed by atoms with E-state index in [2.05, 4.69) is 22.9 Å². The molecular weight excluding hydrogens is 344 g/mol. The van der Waals surface area contributed by atoms with Crippen LogP contribution in [0.5, 0.6) is 0 Å². The Balaban J connectivity index is 2.84. The topological polar surface area (TPSA) is 38.7 Å². The Morgan fingerprint density at radius 3 is 2.36 bits per heavy atom. The number of unbranched alkanes of at least 4 members (excludes halogenated alkanes) is 2. The third-order valence-corrected chi connectivity index (χ3v) is 4.45. The summed E-state index contributed by atoms with van der Waals surface area (Å²) in [6.45, 7) is 2.17. The monoisotopic (exact) mass is 370 g/mol. The molecule has 1 N–H and O–H groups in total. The van der Waals surface area contributed by atoms with E-state index in [0.29, 0.717) is 0 Å². The highest BCUT2D eigenvalue weighted by Crippen LogP contribution is 2.29. The SMILES string of the molecule is CCCCC[C@@H](C(OC)OC)[C@@H](O)/C(Br)=C/c1ccccc1. The maximum absolute atomic E-state index is 10.7. The zero-order chi connectivity index (χ0) is 16.4. The van der Waals surface area contributed by atoms with Gasteiger partial charge in [0, 0.05) is 24.6 Å². The molecule has 0 heterocycles. The van der Waals surface area contributed by atoms with E-state index in [-0.39, 0.29) is 5.92 Å². The fraction of sp³-hybridized carbons (Fsp3) is 0.556. The molecule has 0 saturated carbocycles. The first kappa shape index (κ1) is 19.4. The molecule has 124 valence electrons. The molecule has 1 rings (SSSR count). The van der Waals surface area contributed by atoms with Crippen LogP contribution in [0.15, 0.2) is 34.8 Å². The van der Waals surface area contributed by atoms with Crippen molar-refractivity contribution in [3.8, 4) is 0 Å². The molecule has 0 saturated heterocycles. The first-order valence-electron chi connectivity index (χ1n) is 7.79. The summed E-state index contributed by atoms with van der Waals surface area (Å²) >= 11 is 3.52. The van der Waals surface area contributed by atoms with E-state index in [0.717, 1.165) is 35.7 Å². The van der Waals surface area contributed by atoms with E-state index in [1.54, 1.807) is 14.2 Å². The Hall–Kier alpha value is -0.680. The number of rotatable bonds is 10. The summed E-state index contributed by atoms with van der Waals surface area (Å²) < 4.78 is 11.5. The van der Waals surface area contributed by atoms with E-state index < -0.39 is 12.4 Å². The van der Waals surface area contributed by atoms with Crippen LogP contribution in [0.1, 0.15) is 38.2 Å². The van der Waals surface area contributed by atoms with Gasteiger partial charge in [0.05, 0.1) is 6.10 Å². The lowest BCUT2D eigenvalue weighted by Crippen LogP contribution is -2.34. The molecule has 1 aromatic carbocycles. The molecule has 0 aromatic heterocycles. The first-order chi connectivity index (χ1) is 10.6. The summed E-state index contributed by atoms with van der Waals surface area (Å²) in [5, 5.41) is 10.7. The molecule has 0 aliphatic heterocycles. The van der Waals surface area contributed by atoms with Crippen LogP contribution in [0.4, 0.5) is 0 Å². The highest BCUT2D eigenvalue weighted by atomic mass is 79.9. The maximum atomic E-state index is 10.7. The highest BCUT2D eigenvalue weighted by Gasteiger charge is 2.29. The number of aliphatic hydroxyl groups excluding tert-OH is 1. The Morgan fingerprint density at radius 1 is 1.18 bits per heavy atom. The number of hydrogen-bond donors (Lipinski definition) is 1. The van der Waals surface area contributed by atoms with Crippen LogP contribution >= 0.6 is 15.9 Å². The summed E-state index contributed by atoms with van der Waals surface area (Å²) in [5.74, 6) is -0.101. The van der Waals surface area contributed by atoms with Gasteiger partial charge in [-0.2, -0.15) is 0 Å². The Labute approximate surface area is 142 Å². The minimum absolute atomic E-state index is 0.101. The molecule has 0 bridgehead atoms. The number of halogens is 1. The summed E-state index contributed by atoms with van der Waals surface area (Å²) in [6, 6.07) is 9.93. The van der Waals surface area contributed by atoms with Gasteiger partial charge in [-0.25, -0.2) is 0 Å². The van der Waals surface area contributed by atoms with E-state index in [4.69, 9.17) is 9.47 Å². The summed E-state index contributed by atoms with van der Waals surface area (Å²) in [4.78, 5) is 0. The first-order valence-corrected chi connectivity index (χ1v) is 8.59. The van der Waals surface area contributed by atoms with Crippen molar-refractivity contribution in [3.63, 3.8) is 0 Å². The molecule has 0 aliphatic carbocycles. The van der Waals surface area contributed by atoms with Crippen molar-refractivity contribution in [1.82, 2.24) is 0 Å². The van der Waals surface area contributed by atoms with Gasteiger partial charge in [0.2, 0.25) is 0 Å². The Kier molecular flexibility index (Phi) is 9.64. The van der Waals surface area contributed by atoms with Crippen LogP contribution in [0.25, 0.3) is 6.08 Å². The quantitative estimate of drug-likeness (QED) is 0.483. The second-order valence-corrected chi connectivity index (χ2v) is 6.30. The average Bonchev–Trinajstić information content (AvgIpc) is 2.54. The van der Waals surface area contributed by atoms with Gasteiger partial charge in [0.25, 0.3) is 0 Å². The van der Waals surface area contributed by atoms with Crippen molar-refractivity contribution in [2.45, 2.75) is 45.0 Å². The van der Waals surface area contributed by atoms with Crippen LogP contribution in [-0.4, -0.2) is 31.7 Å². The van der Waals surface area contributed by atoms with Crippen molar-refractivity contribution in [3.05, 3.63) is 40.4 Å². The van der Waals surface area contributed by atoms with Crippen molar-refractivity contribution in [2.75, 3.05) is 14.2 Å². The second kappa shape index (κ2) is 10.9. The molecule has 0 fully saturated rings. The average molecular weight is 371 g/mol. The Bertz CT molecular complexity index is 429. The lowest BCUT2D eigenvalue weighted by molar-refractivity contribution is -0.157. The van der Waals surface area contributed by atoms with Gasteiger partial charge in [-0.3, -0.25) is 0 Å². The van der Waals surface area contributed by atoms with Crippen LogP contribution in [0.2, 0.25) is 0 Å². The van der Waals surface area contributed by atoms with Crippen LogP contribution in [0, 0.1) is 5.92 Å². The largest absolute Gasteiger partial charge is 0.387 e. The van der Waals surface area contributed by atoms with Crippen LogP contribution in [-0.2, 0) is 9.47 Å². The molecule has 22 heavy (non-hydrogen) atoms. The highest BCUT2D eigenvalue weighted by molar-refractivity contribution is 9.11. The summed E-state index contributed by atoms with van der Waals surface area (Å²) in [7, 11) is 3.23. The van der Waals surface area contributed by atoms with Gasteiger partial charge in [-0.05, 0) is 18.1 Å². The smallest absolute Gasteiger partial charge is 0.162 e. The van der Waals surface area contributed by atoms with E-state index in [1.165, 1.54) is 0 Å². The minimum Gasteiger partial charge on any atom is -0.387 e. The predicted octanol–water partition coefficient (Wildman–Crippen LogP) is 4.60. The van der Waals surface area contributed by atoms with Crippen LogP contribution < -0.4 is 0 Å². The van der Waals surface area contributed by atoms with Gasteiger partial charge >= 0.3 is 0 Å². The molecule has 2 atom stereocenters. The molecule has 0 spiro atoms. The van der Waals surface area contributed by atoms with E-state index >= 15 is 0 Å². The van der Waals surface area contributed by atoms with E-state index in [1.807, 2.05) is 36.4 Å². The van der Waals surface area contributed by atoms with Gasteiger partial charge in [-0.1, -0.05) is 72.4 Å².